The van der Waals surface area contributed by atoms with E-state index in [1.807, 2.05) is 12.2 Å². The van der Waals surface area contributed by atoms with Crippen LogP contribution in [-0.2, 0) is 4.79 Å². The van der Waals surface area contributed by atoms with E-state index in [0.717, 1.165) is 12.1 Å². The first-order valence-corrected chi connectivity index (χ1v) is 6.95. The molecule has 1 amide bonds. The van der Waals surface area contributed by atoms with Crippen molar-refractivity contribution in [1.82, 2.24) is 4.90 Å². The van der Waals surface area contributed by atoms with Gasteiger partial charge >= 0.3 is 0 Å². The number of rotatable bonds is 2. The summed E-state index contributed by atoms with van der Waals surface area (Å²) in [6.07, 6.45) is 6.40. The predicted molar refractivity (Wildman–Crippen MR) is 75.9 cm³/mol. The van der Waals surface area contributed by atoms with Gasteiger partial charge in [0, 0.05) is 24.4 Å². The summed E-state index contributed by atoms with van der Waals surface area (Å²) in [6, 6.07) is 3.28. The lowest BCUT2D eigenvalue weighted by Crippen LogP contribution is -2.30. The van der Waals surface area contributed by atoms with Crippen LogP contribution < -0.4 is 5.73 Å². The molecule has 1 aromatic rings. The number of carbonyl (C=O) groups excluding carboxylic acids is 1. The molecule has 110 valence electrons. The Morgan fingerprint density at radius 2 is 2.10 bits per heavy atom. The van der Waals surface area contributed by atoms with E-state index in [0.29, 0.717) is 25.0 Å². The zero-order valence-corrected chi connectivity index (χ0v) is 11.4. The summed E-state index contributed by atoms with van der Waals surface area (Å²) in [5.41, 5.74) is 6.62. The van der Waals surface area contributed by atoms with Crippen molar-refractivity contribution in [2.24, 2.45) is 11.7 Å². The Kier molecular flexibility index (Phi) is 3.59. The van der Waals surface area contributed by atoms with Gasteiger partial charge in [-0.15, -0.1) is 0 Å². The van der Waals surface area contributed by atoms with Gasteiger partial charge in [-0.3, -0.25) is 4.79 Å². The summed E-state index contributed by atoms with van der Waals surface area (Å²) in [7, 11) is 0. The molecule has 3 rings (SSSR count). The predicted octanol–water partition coefficient (Wildman–Crippen LogP) is 2.44. The van der Waals surface area contributed by atoms with Crippen LogP contribution in [0.2, 0.25) is 0 Å². The molecule has 0 fully saturated rings. The van der Waals surface area contributed by atoms with Gasteiger partial charge in [0.1, 0.15) is 11.6 Å². The molecular weight excluding hydrogens is 274 g/mol. The van der Waals surface area contributed by atoms with Gasteiger partial charge < -0.3 is 10.6 Å². The van der Waals surface area contributed by atoms with Gasteiger partial charge in [0.25, 0.3) is 0 Å². The third-order valence-electron chi connectivity index (χ3n) is 3.93. The van der Waals surface area contributed by atoms with E-state index in [1.165, 1.54) is 6.07 Å². The molecule has 2 atom stereocenters. The molecule has 1 aliphatic heterocycles. The molecule has 2 aliphatic rings. The standard InChI is InChI=1S/C16H16F2N2O/c17-12-2-4-15(18)14(8-12)11-5-6-20(9-11)16(21)10-1-3-13(19)7-10/h1-4,8-10,13H,5-7,19H2/t10-,13+/m0/s1. The van der Waals surface area contributed by atoms with E-state index < -0.39 is 11.6 Å². The van der Waals surface area contributed by atoms with E-state index in [1.54, 1.807) is 11.1 Å². The van der Waals surface area contributed by atoms with Crippen LogP contribution in [0.4, 0.5) is 8.78 Å². The van der Waals surface area contributed by atoms with Crippen molar-refractivity contribution in [3.05, 3.63) is 53.7 Å². The number of benzene rings is 1. The zero-order chi connectivity index (χ0) is 15.0. The van der Waals surface area contributed by atoms with Crippen molar-refractivity contribution in [3.8, 4) is 0 Å². The number of halogens is 2. The maximum absolute atomic E-state index is 13.8. The van der Waals surface area contributed by atoms with Gasteiger partial charge in [-0.05, 0) is 36.6 Å². The molecule has 3 nitrogen and oxygen atoms in total. The number of hydrogen-bond acceptors (Lipinski definition) is 2. The monoisotopic (exact) mass is 290 g/mol. The molecule has 2 N–H and O–H groups in total. The van der Waals surface area contributed by atoms with Gasteiger partial charge in [0.2, 0.25) is 5.91 Å². The lowest BCUT2D eigenvalue weighted by Gasteiger charge is -2.17. The average Bonchev–Trinajstić information content (AvgIpc) is 3.10. The first-order valence-electron chi connectivity index (χ1n) is 6.95. The maximum atomic E-state index is 13.8. The molecule has 1 aliphatic carbocycles. The third-order valence-corrected chi connectivity index (χ3v) is 3.93. The SMILES string of the molecule is N[C@@H]1C=C[C@H](C(=O)N2C=C(c3cc(F)ccc3F)CC2)C1. The molecule has 1 heterocycles. The van der Waals surface area contributed by atoms with Crippen LogP contribution in [0.5, 0.6) is 0 Å². The third kappa shape index (κ3) is 2.74. The number of carbonyl (C=O) groups is 1. The van der Waals surface area contributed by atoms with Crippen LogP contribution in [-0.4, -0.2) is 23.4 Å². The number of nitrogens with two attached hydrogens (primary N) is 1. The molecule has 0 saturated heterocycles. The number of nitrogens with zero attached hydrogens (tertiary/aromatic N) is 1. The minimum absolute atomic E-state index is 0.0361. The summed E-state index contributed by atoms with van der Waals surface area (Å²) in [5.74, 6) is -1.21. The summed E-state index contributed by atoms with van der Waals surface area (Å²) < 4.78 is 27.0. The van der Waals surface area contributed by atoms with Crippen LogP contribution in [0.25, 0.3) is 5.57 Å². The van der Waals surface area contributed by atoms with Crippen molar-refractivity contribution in [1.29, 1.82) is 0 Å². The normalized spacial score (nSPS) is 24.5. The molecule has 5 heteroatoms. The van der Waals surface area contributed by atoms with Crippen LogP contribution in [0.1, 0.15) is 18.4 Å². The highest BCUT2D eigenvalue weighted by atomic mass is 19.1. The molecule has 0 bridgehead atoms. The Morgan fingerprint density at radius 3 is 2.81 bits per heavy atom. The van der Waals surface area contributed by atoms with E-state index in [-0.39, 0.29) is 23.4 Å². The molecule has 0 unspecified atom stereocenters. The smallest absolute Gasteiger partial charge is 0.233 e. The maximum Gasteiger partial charge on any atom is 0.233 e. The quantitative estimate of drug-likeness (QED) is 0.850. The summed E-state index contributed by atoms with van der Waals surface area (Å²) >= 11 is 0. The Hall–Kier alpha value is -2.01. The van der Waals surface area contributed by atoms with E-state index in [2.05, 4.69) is 0 Å². The molecule has 0 saturated carbocycles. The minimum atomic E-state index is -0.484. The van der Waals surface area contributed by atoms with Crippen LogP contribution >= 0.6 is 0 Å². The highest BCUT2D eigenvalue weighted by Gasteiger charge is 2.29. The van der Waals surface area contributed by atoms with Gasteiger partial charge in [-0.25, -0.2) is 8.78 Å². The van der Waals surface area contributed by atoms with Gasteiger partial charge in [0.15, 0.2) is 0 Å². The van der Waals surface area contributed by atoms with Crippen molar-refractivity contribution in [2.45, 2.75) is 18.9 Å². The average molecular weight is 290 g/mol. The van der Waals surface area contributed by atoms with Gasteiger partial charge in [0.05, 0.1) is 5.92 Å². The summed E-state index contributed by atoms with van der Waals surface area (Å²) in [6.45, 7) is 0.490. The fourth-order valence-electron chi connectivity index (χ4n) is 2.80. The van der Waals surface area contributed by atoms with Crippen LogP contribution in [0.15, 0.2) is 36.6 Å². The minimum Gasteiger partial charge on any atom is -0.324 e. The molecule has 21 heavy (non-hydrogen) atoms. The first-order chi connectivity index (χ1) is 10.0. The van der Waals surface area contributed by atoms with Crippen LogP contribution in [0, 0.1) is 17.6 Å². The number of hydrogen-bond donors (Lipinski definition) is 1. The summed E-state index contributed by atoms with van der Waals surface area (Å²) in [5, 5.41) is 0. The Labute approximate surface area is 121 Å². The summed E-state index contributed by atoms with van der Waals surface area (Å²) in [4.78, 5) is 13.9. The van der Waals surface area contributed by atoms with Gasteiger partial charge in [-0.1, -0.05) is 12.2 Å². The topological polar surface area (TPSA) is 46.3 Å². The Morgan fingerprint density at radius 1 is 1.29 bits per heavy atom. The Balaban J connectivity index is 1.79. The van der Waals surface area contributed by atoms with Crippen molar-refractivity contribution in [2.75, 3.05) is 6.54 Å². The van der Waals surface area contributed by atoms with Crippen molar-refractivity contribution >= 4 is 11.5 Å². The number of amides is 1. The lowest BCUT2D eigenvalue weighted by molar-refractivity contribution is -0.131. The fourth-order valence-corrected chi connectivity index (χ4v) is 2.80. The zero-order valence-electron chi connectivity index (χ0n) is 11.4. The largest absolute Gasteiger partial charge is 0.324 e. The van der Waals surface area contributed by atoms with Crippen LogP contribution in [0.3, 0.4) is 0 Å². The molecular formula is C16H16F2N2O. The van der Waals surface area contributed by atoms with E-state index in [4.69, 9.17) is 5.73 Å². The molecule has 0 spiro atoms. The fraction of sp³-hybridized carbons (Fsp3) is 0.312. The Bertz CT molecular complexity index is 639. The highest BCUT2D eigenvalue weighted by Crippen LogP contribution is 2.30. The van der Waals surface area contributed by atoms with Crippen molar-refractivity contribution in [3.63, 3.8) is 0 Å². The second-order valence-corrected chi connectivity index (χ2v) is 5.45. The second kappa shape index (κ2) is 5.41. The van der Waals surface area contributed by atoms with Gasteiger partial charge in [-0.2, -0.15) is 0 Å². The second-order valence-electron chi connectivity index (χ2n) is 5.45. The molecule has 0 aromatic heterocycles. The molecule has 1 aromatic carbocycles. The molecule has 0 radical (unpaired) electrons. The van der Waals surface area contributed by atoms with E-state index >= 15 is 0 Å². The van der Waals surface area contributed by atoms with Crippen molar-refractivity contribution < 1.29 is 13.6 Å². The van der Waals surface area contributed by atoms with E-state index in [9.17, 15) is 13.6 Å². The highest BCUT2D eigenvalue weighted by molar-refractivity contribution is 5.85. The first kappa shape index (κ1) is 13.9. The lowest BCUT2D eigenvalue weighted by atomic mass is 10.1.